The molecular formula is C16H18FN3O3S. The number of carbonyl (C=O) groups is 1. The molecule has 0 aliphatic carbocycles. The van der Waals surface area contributed by atoms with Crippen molar-refractivity contribution < 1.29 is 17.6 Å². The van der Waals surface area contributed by atoms with Crippen LogP contribution in [0, 0.1) is 5.82 Å². The molecule has 3 rings (SSSR count). The number of sulfonamides is 1. The third kappa shape index (κ3) is 3.65. The highest BCUT2D eigenvalue weighted by molar-refractivity contribution is 7.89. The summed E-state index contributed by atoms with van der Waals surface area (Å²) in [5.41, 5.74) is 0.905. The first-order valence-electron chi connectivity index (χ1n) is 7.67. The number of H-pyrrole nitrogens is 1. The molecule has 2 heterocycles. The molecular weight excluding hydrogens is 333 g/mol. The second-order valence-corrected chi connectivity index (χ2v) is 7.47. The zero-order valence-electron chi connectivity index (χ0n) is 13.0. The summed E-state index contributed by atoms with van der Waals surface area (Å²) >= 11 is 0. The Morgan fingerprint density at radius 1 is 1.21 bits per heavy atom. The van der Waals surface area contributed by atoms with E-state index in [1.165, 1.54) is 36.5 Å². The van der Waals surface area contributed by atoms with Crippen molar-refractivity contribution in [3.05, 3.63) is 53.6 Å². The van der Waals surface area contributed by atoms with Crippen molar-refractivity contribution in [2.45, 2.75) is 24.3 Å². The summed E-state index contributed by atoms with van der Waals surface area (Å²) in [5, 5.41) is 0. The van der Waals surface area contributed by atoms with Gasteiger partial charge in [-0.2, -0.15) is 0 Å². The fourth-order valence-electron chi connectivity index (χ4n) is 2.61. The number of aromatic nitrogens is 1. The number of carbonyl (C=O) groups excluding carboxylic acids is 1. The van der Waals surface area contributed by atoms with Crippen LogP contribution in [0.5, 0.6) is 0 Å². The molecule has 6 nitrogen and oxygen atoms in total. The Morgan fingerprint density at radius 3 is 2.54 bits per heavy atom. The molecule has 0 saturated carbocycles. The Bertz CT molecular complexity index is 825. The standard InChI is InChI=1S/C16H18FN3O3S/c17-13-5-3-12(4-6-13)10-19-24(22,23)14-9-15(18-11-14)16(21)20-7-1-2-8-20/h3-6,9,11,18-19H,1-2,7-8,10H2. The zero-order valence-corrected chi connectivity index (χ0v) is 13.8. The van der Waals surface area contributed by atoms with Gasteiger partial charge in [-0.3, -0.25) is 4.79 Å². The van der Waals surface area contributed by atoms with E-state index >= 15 is 0 Å². The summed E-state index contributed by atoms with van der Waals surface area (Å²) in [6.07, 6.45) is 3.24. The van der Waals surface area contributed by atoms with Gasteiger partial charge in [0.1, 0.15) is 16.4 Å². The molecule has 0 unspecified atom stereocenters. The largest absolute Gasteiger partial charge is 0.356 e. The minimum Gasteiger partial charge on any atom is -0.356 e. The quantitative estimate of drug-likeness (QED) is 0.863. The number of likely N-dealkylation sites (tertiary alicyclic amines) is 1. The molecule has 128 valence electrons. The lowest BCUT2D eigenvalue weighted by Gasteiger charge is -2.13. The van der Waals surface area contributed by atoms with Gasteiger partial charge in [0.25, 0.3) is 5.91 Å². The number of benzene rings is 1. The number of nitrogens with zero attached hydrogens (tertiary/aromatic N) is 1. The van der Waals surface area contributed by atoms with E-state index in [0.29, 0.717) is 18.7 Å². The number of hydrogen-bond donors (Lipinski definition) is 2. The molecule has 0 radical (unpaired) electrons. The average molecular weight is 351 g/mol. The number of aromatic amines is 1. The SMILES string of the molecule is O=C(c1cc(S(=O)(=O)NCc2ccc(F)cc2)c[nH]1)N1CCCC1. The summed E-state index contributed by atoms with van der Waals surface area (Å²) < 4.78 is 39.9. The van der Waals surface area contributed by atoms with Gasteiger partial charge in [-0.25, -0.2) is 17.5 Å². The maximum absolute atomic E-state index is 12.9. The van der Waals surface area contributed by atoms with E-state index < -0.39 is 10.0 Å². The molecule has 1 amide bonds. The predicted octanol–water partition coefficient (Wildman–Crippen LogP) is 1.87. The fourth-order valence-corrected chi connectivity index (χ4v) is 3.62. The molecule has 1 aliphatic heterocycles. The van der Waals surface area contributed by atoms with Gasteiger partial charge in [0, 0.05) is 25.8 Å². The third-order valence-corrected chi connectivity index (χ3v) is 5.35. The monoisotopic (exact) mass is 351 g/mol. The van der Waals surface area contributed by atoms with E-state index in [0.717, 1.165) is 12.8 Å². The minimum absolute atomic E-state index is 0.00663. The lowest BCUT2D eigenvalue weighted by Crippen LogP contribution is -2.27. The molecule has 1 saturated heterocycles. The van der Waals surface area contributed by atoms with Gasteiger partial charge in [-0.15, -0.1) is 0 Å². The Hall–Kier alpha value is -2.19. The maximum Gasteiger partial charge on any atom is 0.270 e. The van der Waals surface area contributed by atoms with Gasteiger partial charge in [0.2, 0.25) is 10.0 Å². The molecule has 0 atom stereocenters. The predicted molar refractivity (Wildman–Crippen MR) is 86.4 cm³/mol. The van der Waals surface area contributed by atoms with Crippen molar-refractivity contribution in [1.29, 1.82) is 0 Å². The number of nitrogens with one attached hydrogen (secondary N) is 2. The number of hydrogen-bond acceptors (Lipinski definition) is 3. The molecule has 1 aliphatic rings. The second kappa shape index (κ2) is 6.74. The second-order valence-electron chi connectivity index (χ2n) is 5.70. The summed E-state index contributed by atoms with van der Waals surface area (Å²) in [7, 11) is -3.75. The van der Waals surface area contributed by atoms with Crippen LogP contribution in [0.4, 0.5) is 4.39 Å². The molecule has 1 aromatic carbocycles. The van der Waals surface area contributed by atoms with Gasteiger partial charge in [-0.1, -0.05) is 12.1 Å². The highest BCUT2D eigenvalue weighted by Gasteiger charge is 2.23. The summed E-state index contributed by atoms with van der Waals surface area (Å²) in [6.45, 7) is 1.44. The molecule has 8 heteroatoms. The molecule has 24 heavy (non-hydrogen) atoms. The van der Waals surface area contributed by atoms with Crippen LogP contribution in [0.15, 0.2) is 41.4 Å². The Labute approximate surface area is 139 Å². The van der Waals surface area contributed by atoms with Crippen LogP contribution in [0.1, 0.15) is 28.9 Å². The first-order chi connectivity index (χ1) is 11.5. The van der Waals surface area contributed by atoms with Crippen LogP contribution in [-0.2, 0) is 16.6 Å². The Morgan fingerprint density at radius 2 is 1.88 bits per heavy atom. The van der Waals surface area contributed by atoms with Gasteiger partial charge in [-0.05, 0) is 36.6 Å². The molecule has 2 aromatic rings. The van der Waals surface area contributed by atoms with Crippen molar-refractivity contribution >= 4 is 15.9 Å². The van der Waals surface area contributed by atoms with Crippen molar-refractivity contribution in [3.63, 3.8) is 0 Å². The van der Waals surface area contributed by atoms with Crippen molar-refractivity contribution in [1.82, 2.24) is 14.6 Å². The van der Waals surface area contributed by atoms with E-state index in [4.69, 9.17) is 0 Å². The van der Waals surface area contributed by atoms with E-state index in [1.807, 2.05) is 0 Å². The molecule has 2 N–H and O–H groups in total. The number of amides is 1. The van der Waals surface area contributed by atoms with Gasteiger partial charge < -0.3 is 9.88 Å². The topological polar surface area (TPSA) is 82.3 Å². The van der Waals surface area contributed by atoms with Crippen LogP contribution >= 0.6 is 0 Å². The maximum atomic E-state index is 12.9. The van der Waals surface area contributed by atoms with Crippen LogP contribution < -0.4 is 4.72 Å². The number of halogens is 1. The summed E-state index contributed by atoms with van der Waals surface area (Å²) in [5.74, 6) is -0.565. The highest BCUT2D eigenvalue weighted by atomic mass is 32.2. The van der Waals surface area contributed by atoms with Crippen molar-refractivity contribution in [3.8, 4) is 0 Å². The van der Waals surface area contributed by atoms with Crippen LogP contribution in [-0.4, -0.2) is 37.3 Å². The lowest BCUT2D eigenvalue weighted by atomic mass is 10.2. The minimum atomic E-state index is -3.75. The van der Waals surface area contributed by atoms with E-state index in [-0.39, 0.29) is 28.9 Å². The molecule has 1 fully saturated rings. The van der Waals surface area contributed by atoms with E-state index in [9.17, 15) is 17.6 Å². The van der Waals surface area contributed by atoms with Gasteiger partial charge >= 0.3 is 0 Å². The molecule has 0 bridgehead atoms. The van der Waals surface area contributed by atoms with Crippen molar-refractivity contribution in [2.24, 2.45) is 0 Å². The summed E-state index contributed by atoms with van der Waals surface area (Å²) in [4.78, 5) is 16.7. The molecule has 0 spiro atoms. The Balaban J connectivity index is 1.68. The first-order valence-corrected chi connectivity index (χ1v) is 9.16. The van der Waals surface area contributed by atoms with E-state index in [2.05, 4.69) is 9.71 Å². The fraction of sp³-hybridized carbons (Fsp3) is 0.312. The van der Waals surface area contributed by atoms with Crippen LogP contribution in [0.25, 0.3) is 0 Å². The smallest absolute Gasteiger partial charge is 0.270 e. The third-order valence-electron chi connectivity index (χ3n) is 3.97. The Kier molecular flexibility index (Phi) is 4.68. The highest BCUT2D eigenvalue weighted by Crippen LogP contribution is 2.16. The lowest BCUT2D eigenvalue weighted by molar-refractivity contribution is 0.0787. The average Bonchev–Trinajstić information content (AvgIpc) is 3.25. The van der Waals surface area contributed by atoms with Gasteiger partial charge in [0.15, 0.2) is 0 Å². The first kappa shape index (κ1) is 16.7. The summed E-state index contributed by atoms with van der Waals surface area (Å²) in [6, 6.07) is 6.90. The van der Waals surface area contributed by atoms with Gasteiger partial charge in [0.05, 0.1) is 0 Å². The normalized spacial score (nSPS) is 15.0. The van der Waals surface area contributed by atoms with Crippen LogP contribution in [0.2, 0.25) is 0 Å². The molecule has 1 aromatic heterocycles. The van der Waals surface area contributed by atoms with Crippen molar-refractivity contribution in [2.75, 3.05) is 13.1 Å². The van der Waals surface area contributed by atoms with Crippen LogP contribution in [0.3, 0.4) is 0 Å². The number of rotatable bonds is 5. The zero-order chi connectivity index (χ0) is 17.2. The van der Waals surface area contributed by atoms with E-state index in [1.54, 1.807) is 4.90 Å².